The van der Waals surface area contributed by atoms with Gasteiger partial charge in [0.1, 0.15) is 5.75 Å². The number of rotatable bonds is 5. The number of nitrogens with one attached hydrogen (secondary N) is 2. The van der Waals surface area contributed by atoms with Crippen LogP contribution in [0.15, 0.2) is 59.4 Å². The summed E-state index contributed by atoms with van der Waals surface area (Å²) in [5, 5.41) is 0. The molecule has 24 heavy (non-hydrogen) atoms. The Morgan fingerprint density at radius 1 is 1.00 bits per heavy atom. The standard InChI is InChI=1S/C19H18N2O2S/c1-2-23-16-11-7-6-10-14(16)12-15-17(13-8-4-3-5-9-13)20-19(24)21-18(15)22/h3-11H,2,12H2,1H3,(H2,20,21,22,24). The maximum absolute atomic E-state index is 12.5. The van der Waals surface area contributed by atoms with Crippen LogP contribution in [0.3, 0.4) is 0 Å². The Balaban J connectivity index is 2.12. The second-order valence-electron chi connectivity index (χ2n) is 5.35. The highest BCUT2D eigenvalue weighted by atomic mass is 32.1. The van der Waals surface area contributed by atoms with E-state index in [9.17, 15) is 4.79 Å². The first-order valence-electron chi connectivity index (χ1n) is 7.80. The fourth-order valence-electron chi connectivity index (χ4n) is 2.67. The summed E-state index contributed by atoms with van der Waals surface area (Å²) in [4.78, 5) is 18.3. The summed E-state index contributed by atoms with van der Waals surface area (Å²) in [6.07, 6.45) is 0.460. The number of hydrogen-bond acceptors (Lipinski definition) is 3. The fraction of sp³-hybridized carbons (Fsp3) is 0.158. The molecule has 0 saturated heterocycles. The third-order valence-electron chi connectivity index (χ3n) is 3.74. The van der Waals surface area contributed by atoms with Gasteiger partial charge in [-0.3, -0.25) is 9.78 Å². The van der Waals surface area contributed by atoms with E-state index in [4.69, 9.17) is 17.0 Å². The van der Waals surface area contributed by atoms with Crippen LogP contribution in [0.2, 0.25) is 0 Å². The summed E-state index contributed by atoms with van der Waals surface area (Å²) in [6, 6.07) is 17.5. The van der Waals surface area contributed by atoms with Gasteiger partial charge in [0.2, 0.25) is 0 Å². The van der Waals surface area contributed by atoms with Crippen LogP contribution in [0.25, 0.3) is 11.3 Å². The van der Waals surface area contributed by atoms with Gasteiger partial charge in [-0.05, 0) is 36.3 Å². The van der Waals surface area contributed by atoms with Gasteiger partial charge >= 0.3 is 0 Å². The Hall–Kier alpha value is -2.66. The minimum atomic E-state index is -0.177. The average molecular weight is 338 g/mol. The van der Waals surface area contributed by atoms with Gasteiger partial charge in [0.15, 0.2) is 4.77 Å². The first kappa shape index (κ1) is 16.2. The Kier molecular flexibility index (Phi) is 4.91. The van der Waals surface area contributed by atoms with Crippen molar-refractivity contribution in [2.24, 2.45) is 0 Å². The van der Waals surface area contributed by atoms with Crippen molar-refractivity contribution in [2.75, 3.05) is 6.61 Å². The monoisotopic (exact) mass is 338 g/mol. The molecule has 0 fully saturated rings. The van der Waals surface area contributed by atoms with Crippen LogP contribution in [0.5, 0.6) is 5.75 Å². The molecule has 3 rings (SSSR count). The van der Waals surface area contributed by atoms with E-state index in [-0.39, 0.29) is 5.56 Å². The van der Waals surface area contributed by atoms with Crippen molar-refractivity contribution < 1.29 is 4.74 Å². The van der Waals surface area contributed by atoms with Gasteiger partial charge in [0.25, 0.3) is 5.56 Å². The lowest BCUT2D eigenvalue weighted by atomic mass is 10.00. The summed E-state index contributed by atoms with van der Waals surface area (Å²) in [5.41, 5.74) is 3.10. The minimum Gasteiger partial charge on any atom is -0.494 e. The zero-order chi connectivity index (χ0) is 16.9. The normalized spacial score (nSPS) is 10.5. The number of aromatic nitrogens is 2. The molecule has 0 radical (unpaired) electrons. The van der Waals surface area contributed by atoms with Gasteiger partial charge < -0.3 is 9.72 Å². The van der Waals surface area contributed by atoms with Crippen molar-refractivity contribution >= 4 is 12.2 Å². The highest BCUT2D eigenvalue weighted by molar-refractivity contribution is 7.71. The van der Waals surface area contributed by atoms with Gasteiger partial charge in [0.05, 0.1) is 12.3 Å². The Bertz CT molecular complexity index is 945. The third-order valence-corrected chi connectivity index (χ3v) is 3.95. The first-order chi connectivity index (χ1) is 11.7. The van der Waals surface area contributed by atoms with Crippen LogP contribution < -0.4 is 10.3 Å². The van der Waals surface area contributed by atoms with Crippen molar-refractivity contribution in [3.8, 4) is 17.0 Å². The number of hydrogen-bond donors (Lipinski definition) is 2. The highest BCUT2D eigenvalue weighted by Gasteiger charge is 2.13. The van der Waals surface area contributed by atoms with E-state index in [1.807, 2.05) is 61.5 Å². The SMILES string of the molecule is CCOc1ccccc1Cc1c(-c2ccccc2)[nH]c(=S)[nH]c1=O. The smallest absolute Gasteiger partial charge is 0.255 e. The zero-order valence-electron chi connectivity index (χ0n) is 13.3. The Labute approximate surface area is 145 Å². The van der Waals surface area contributed by atoms with Crippen molar-refractivity contribution in [3.63, 3.8) is 0 Å². The third kappa shape index (κ3) is 3.46. The molecule has 3 aromatic rings. The number of H-pyrrole nitrogens is 2. The zero-order valence-corrected chi connectivity index (χ0v) is 14.2. The van der Waals surface area contributed by atoms with Crippen LogP contribution in [-0.4, -0.2) is 16.6 Å². The molecule has 0 spiro atoms. The average Bonchev–Trinajstić information content (AvgIpc) is 2.59. The maximum Gasteiger partial charge on any atom is 0.255 e. The molecule has 0 saturated carbocycles. The topological polar surface area (TPSA) is 57.9 Å². The lowest BCUT2D eigenvalue weighted by Crippen LogP contribution is -2.17. The molecule has 0 aliphatic carbocycles. The molecular weight excluding hydrogens is 320 g/mol. The van der Waals surface area contributed by atoms with Gasteiger partial charge in [-0.15, -0.1) is 0 Å². The van der Waals surface area contributed by atoms with E-state index in [1.54, 1.807) is 0 Å². The quantitative estimate of drug-likeness (QED) is 0.689. The maximum atomic E-state index is 12.5. The highest BCUT2D eigenvalue weighted by Crippen LogP contribution is 2.25. The second-order valence-corrected chi connectivity index (χ2v) is 5.75. The number of benzene rings is 2. The fourth-order valence-corrected chi connectivity index (χ4v) is 2.86. The van der Waals surface area contributed by atoms with E-state index < -0.39 is 0 Å². The van der Waals surface area contributed by atoms with E-state index in [0.29, 0.717) is 23.4 Å². The summed E-state index contributed by atoms with van der Waals surface area (Å²) >= 11 is 5.14. The minimum absolute atomic E-state index is 0.177. The molecule has 122 valence electrons. The molecule has 1 aromatic heterocycles. The Morgan fingerprint density at radius 2 is 1.71 bits per heavy atom. The molecule has 0 amide bonds. The predicted octanol–water partition coefficient (Wildman–Crippen LogP) is 4.09. The van der Waals surface area contributed by atoms with Crippen LogP contribution >= 0.6 is 12.2 Å². The van der Waals surface area contributed by atoms with Crippen LogP contribution in [0, 0.1) is 4.77 Å². The first-order valence-corrected chi connectivity index (χ1v) is 8.21. The predicted molar refractivity (Wildman–Crippen MR) is 98.1 cm³/mol. The molecule has 0 unspecified atom stereocenters. The largest absolute Gasteiger partial charge is 0.494 e. The summed E-state index contributed by atoms with van der Waals surface area (Å²) in [7, 11) is 0. The van der Waals surface area contributed by atoms with Crippen molar-refractivity contribution in [1.82, 2.24) is 9.97 Å². The number of aromatic amines is 2. The second kappa shape index (κ2) is 7.27. The summed E-state index contributed by atoms with van der Waals surface area (Å²) in [6.45, 7) is 2.52. The molecule has 1 heterocycles. The van der Waals surface area contributed by atoms with Crippen molar-refractivity contribution in [3.05, 3.63) is 80.8 Å². The molecule has 0 aliphatic rings. The molecule has 5 heteroatoms. The van der Waals surface area contributed by atoms with Crippen LogP contribution in [0.4, 0.5) is 0 Å². The number of para-hydroxylation sites is 1. The molecule has 0 atom stereocenters. The summed E-state index contributed by atoms with van der Waals surface area (Å²) in [5.74, 6) is 0.792. The van der Waals surface area contributed by atoms with E-state index >= 15 is 0 Å². The van der Waals surface area contributed by atoms with E-state index in [0.717, 1.165) is 22.6 Å². The van der Waals surface area contributed by atoms with Gasteiger partial charge in [0, 0.05) is 12.0 Å². The van der Waals surface area contributed by atoms with Crippen molar-refractivity contribution in [1.29, 1.82) is 0 Å². The van der Waals surface area contributed by atoms with Crippen molar-refractivity contribution in [2.45, 2.75) is 13.3 Å². The molecule has 0 aliphatic heterocycles. The summed E-state index contributed by atoms with van der Waals surface area (Å²) < 4.78 is 6.00. The van der Waals surface area contributed by atoms with E-state index in [1.165, 1.54) is 0 Å². The van der Waals surface area contributed by atoms with Crippen LogP contribution in [0.1, 0.15) is 18.1 Å². The van der Waals surface area contributed by atoms with Gasteiger partial charge in [-0.2, -0.15) is 0 Å². The van der Waals surface area contributed by atoms with Crippen LogP contribution in [-0.2, 0) is 6.42 Å². The lowest BCUT2D eigenvalue weighted by Gasteiger charge is -2.12. The Morgan fingerprint density at radius 3 is 2.46 bits per heavy atom. The molecule has 0 bridgehead atoms. The van der Waals surface area contributed by atoms with Gasteiger partial charge in [-0.25, -0.2) is 0 Å². The lowest BCUT2D eigenvalue weighted by molar-refractivity contribution is 0.337. The van der Waals surface area contributed by atoms with E-state index in [2.05, 4.69) is 9.97 Å². The molecule has 2 N–H and O–H groups in total. The van der Waals surface area contributed by atoms with Gasteiger partial charge in [-0.1, -0.05) is 48.5 Å². The molecule has 4 nitrogen and oxygen atoms in total. The molecular formula is C19H18N2O2S. The molecule has 2 aromatic carbocycles. The number of ether oxygens (including phenoxy) is 1.